The summed E-state index contributed by atoms with van der Waals surface area (Å²) in [5, 5.41) is 0. The molecule has 0 radical (unpaired) electrons. The number of aryl methyl sites for hydroxylation is 1. The number of nitrogen functional groups attached to an aromatic ring is 1. The smallest absolute Gasteiger partial charge is 0.246 e. The molecule has 2 aromatic carbocycles. The molecule has 0 aliphatic heterocycles. The first-order valence-corrected chi connectivity index (χ1v) is 7.57. The number of nitrogens with two attached hydrogens (primary N) is 1. The summed E-state index contributed by atoms with van der Waals surface area (Å²) in [6, 6.07) is 8.65. The maximum absolute atomic E-state index is 13.7. The second-order valence-corrected chi connectivity index (χ2v) is 6.33. The first-order valence-electron chi connectivity index (χ1n) is 6.09. The number of hydrogen-bond acceptors (Lipinski definition) is 3. The Morgan fingerprint density at radius 3 is 2.33 bits per heavy atom. The lowest BCUT2D eigenvalue weighted by atomic mass is 10.1. The lowest BCUT2D eigenvalue weighted by molar-refractivity contribution is 0.514. The quantitative estimate of drug-likeness (QED) is 0.851. The minimum atomic E-state index is -4.30. The highest BCUT2D eigenvalue weighted by Gasteiger charge is 2.24. The molecule has 0 saturated carbocycles. The first-order chi connectivity index (χ1) is 9.79. The van der Waals surface area contributed by atoms with Crippen LogP contribution in [0.5, 0.6) is 0 Å². The van der Waals surface area contributed by atoms with Crippen LogP contribution in [0.3, 0.4) is 0 Å². The normalized spacial score (nSPS) is 11.6. The zero-order valence-corrected chi connectivity index (χ0v) is 12.0. The molecule has 0 saturated heterocycles. The summed E-state index contributed by atoms with van der Waals surface area (Å²) in [5.74, 6) is -2.44. The Morgan fingerprint density at radius 2 is 1.76 bits per heavy atom. The van der Waals surface area contributed by atoms with Crippen LogP contribution in [0.25, 0.3) is 0 Å². The maximum Gasteiger partial charge on any atom is 0.246 e. The molecule has 21 heavy (non-hydrogen) atoms. The van der Waals surface area contributed by atoms with Crippen LogP contribution in [0.15, 0.2) is 41.3 Å². The summed E-state index contributed by atoms with van der Waals surface area (Å²) in [6.45, 7) is 1.80. The minimum Gasteiger partial charge on any atom is -0.399 e. The van der Waals surface area contributed by atoms with Gasteiger partial charge < -0.3 is 5.73 Å². The van der Waals surface area contributed by atoms with Crippen LogP contribution in [-0.2, 0) is 16.6 Å². The van der Waals surface area contributed by atoms with Gasteiger partial charge in [-0.2, -0.15) is 0 Å². The maximum atomic E-state index is 13.7. The molecule has 7 heteroatoms. The fourth-order valence-electron chi connectivity index (χ4n) is 1.91. The second kappa shape index (κ2) is 5.79. The first kappa shape index (κ1) is 15.4. The van der Waals surface area contributed by atoms with Gasteiger partial charge in [-0.1, -0.05) is 29.8 Å². The number of rotatable bonds is 4. The van der Waals surface area contributed by atoms with Gasteiger partial charge in [0.25, 0.3) is 0 Å². The largest absolute Gasteiger partial charge is 0.399 e. The minimum absolute atomic E-state index is 0.0622. The van der Waals surface area contributed by atoms with Crippen LogP contribution in [0.4, 0.5) is 14.5 Å². The Balaban J connectivity index is 2.27. The fourth-order valence-corrected chi connectivity index (χ4v) is 3.04. The van der Waals surface area contributed by atoms with Gasteiger partial charge in [-0.3, -0.25) is 0 Å². The number of nitrogens with one attached hydrogen (secondary N) is 1. The molecule has 112 valence electrons. The SMILES string of the molecule is Cc1cccc(CNS(=O)(=O)c2c(F)cc(N)cc2F)c1. The predicted molar refractivity (Wildman–Crippen MR) is 76.0 cm³/mol. The van der Waals surface area contributed by atoms with Crippen LogP contribution in [0.2, 0.25) is 0 Å². The van der Waals surface area contributed by atoms with Gasteiger partial charge >= 0.3 is 0 Å². The monoisotopic (exact) mass is 312 g/mol. The van der Waals surface area contributed by atoms with Crippen LogP contribution in [-0.4, -0.2) is 8.42 Å². The number of benzene rings is 2. The topological polar surface area (TPSA) is 72.2 Å². The molecule has 2 aromatic rings. The molecular formula is C14H14F2N2O2S. The standard InChI is InChI=1S/C14H14F2N2O2S/c1-9-3-2-4-10(5-9)8-18-21(19,20)14-12(15)6-11(17)7-13(14)16/h2-7,18H,8,17H2,1H3. The van der Waals surface area contributed by atoms with Gasteiger partial charge in [-0.15, -0.1) is 0 Å². The molecule has 0 atom stereocenters. The van der Waals surface area contributed by atoms with E-state index in [9.17, 15) is 17.2 Å². The fraction of sp³-hybridized carbons (Fsp3) is 0.143. The molecule has 3 N–H and O–H groups in total. The number of halogens is 2. The second-order valence-electron chi connectivity index (χ2n) is 4.63. The molecule has 2 rings (SSSR count). The summed E-state index contributed by atoms with van der Waals surface area (Å²) >= 11 is 0. The van der Waals surface area contributed by atoms with Crippen molar-refractivity contribution in [3.8, 4) is 0 Å². The van der Waals surface area contributed by atoms with Crippen molar-refractivity contribution in [1.82, 2.24) is 4.72 Å². The molecule has 0 heterocycles. The molecule has 0 bridgehead atoms. The van der Waals surface area contributed by atoms with Crippen molar-refractivity contribution < 1.29 is 17.2 Å². The highest BCUT2D eigenvalue weighted by molar-refractivity contribution is 7.89. The lowest BCUT2D eigenvalue weighted by Crippen LogP contribution is -2.25. The average Bonchev–Trinajstić information content (AvgIpc) is 2.35. The molecule has 0 amide bonds. The summed E-state index contributed by atoms with van der Waals surface area (Å²) in [4.78, 5) is -1.02. The molecule has 4 nitrogen and oxygen atoms in total. The predicted octanol–water partition coefficient (Wildman–Crippen LogP) is 2.33. The molecule has 0 spiro atoms. The molecule has 0 aliphatic carbocycles. The van der Waals surface area contributed by atoms with Gasteiger partial charge in [0, 0.05) is 12.2 Å². The summed E-state index contributed by atoms with van der Waals surface area (Å²) in [6.07, 6.45) is 0. The Kier molecular flexibility index (Phi) is 4.24. The zero-order valence-electron chi connectivity index (χ0n) is 11.2. The summed E-state index contributed by atoms with van der Waals surface area (Å²) < 4.78 is 53.5. The molecule has 0 aliphatic rings. The van der Waals surface area contributed by atoms with Gasteiger partial charge in [-0.25, -0.2) is 21.9 Å². The lowest BCUT2D eigenvalue weighted by Gasteiger charge is -2.10. The van der Waals surface area contributed by atoms with E-state index in [1.165, 1.54) is 0 Å². The molecule has 0 fully saturated rings. The molecule has 0 unspecified atom stereocenters. The van der Waals surface area contributed by atoms with E-state index in [0.717, 1.165) is 17.7 Å². The third kappa shape index (κ3) is 3.56. The van der Waals surface area contributed by atoms with Gasteiger partial charge in [-0.05, 0) is 24.6 Å². The van der Waals surface area contributed by atoms with E-state index in [1.807, 2.05) is 13.0 Å². The van der Waals surface area contributed by atoms with Crippen molar-refractivity contribution in [2.75, 3.05) is 5.73 Å². The third-order valence-electron chi connectivity index (χ3n) is 2.84. The molecule has 0 aromatic heterocycles. The molecular weight excluding hydrogens is 298 g/mol. The van der Waals surface area contributed by atoms with Crippen LogP contribution >= 0.6 is 0 Å². The van der Waals surface area contributed by atoms with Crippen LogP contribution in [0, 0.1) is 18.6 Å². The Hall–Kier alpha value is -1.99. The number of anilines is 1. The van der Waals surface area contributed by atoms with E-state index in [1.54, 1.807) is 18.2 Å². The zero-order chi connectivity index (χ0) is 15.6. The van der Waals surface area contributed by atoms with Crippen molar-refractivity contribution in [3.05, 3.63) is 59.2 Å². The summed E-state index contributed by atoms with van der Waals surface area (Å²) in [7, 11) is -4.30. The Labute approximate surface area is 121 Å². The average molecular weight is 312 g/mol. The number of hydrogen-bond donors (Lipinski definition) is 2. The van der Waals surface area contributed by atoms with Gasteiger partial charge in [0.15, 0.2) is 4.90 Å². The Bertz CT molecular complexity index is 753. The Morgan fingerprint density at radius 1 is 1.14 bits per heavy atom. The highest BCUT2D eigenvalue weighted by Crippen LogP contribution is 2.21. The van der Waals surface area contributed by atoms with E-state index in [4.69, 9.17) is 5.73 Å². The van der Waals surface area contributed by atoms with E-state index in [0.29, 0.717) is 5.56 Å². The van der Waals surface area contributed by atoms with Crippen molar-refractivity contribution in [1.29, 1.82) is 0 Å². The highest BCUT2D eigenvalue weighted by atomic mass is 32.2. The van der Waals surface area contributed by atoms with E-state index < -0.39 is 26.6 Å². The van der Waals surface area contributed by atoms with Gasteiger partial charge in [0.1, 0.15) is 11.6 Å². The van der Waals surface area contributed by atoms with Crippen molar-refractivity contribution >= 4 is 15.7 Å². The van der Waals surface area contributed by atoms with Crippen molar-refractivity contribution in [2.45, 2.75) is 18.4 Å². The summed E-state index contributed by atoms with van der Waals surface area (Å²) in [5.41, 5.74) is 6.72. The van der Waals surface area contributed by atoms with Gasteiger partial charge in [0.05, 0.1) is 0 Å². The number of sulfonamides is 1. The van der Waals surface area contributed by atoms with Crippen LogP contribution < -0.4 is 10.5 Å². The van der Waals surface area contributed by atoms with E-state index >= 15 is 0 Å². The third-order valence-corrected chi connectivity index (χ3v) is 4.29. The van der Waals surface area contributed by atoms with Crippen molar-refractivity contribution in [3.63, 3.8) is 0 Å². The van der Waals surface area contributed by atoms with Gasteiger partial charge in [0.2, 0.25) is 10.0 Å². The van der Waals surface area contributed by atoms with E-state index in [2.05, 4.69) is 4.72 Å². The van der Waals surface area contributed by atoms with Crippen LogP contribution in [0.1, 0.15) is 11.1 Å². The van der Waals surface area contributed by atoms with E-state index in [-0.39, 0.29) is 12.2 Å². The van der Waals surface area contributed by atoms with Crippen molar-refractivity contribution in [2.24, 2.45) is 0 Å².